The van der Waals surface area contributed by atoms with E-state index in [1.165, 1.54) is 25.7 Å². The molecule has 2 amide bonds. The molecule has 0 spiro atoms. The summed E-state index contributed by atoms with van der Waals surface area (Å²) in [6.07, 6.45) is 8.30. The molecule has 0 aliphatic heterocycles. The monoisotopic (exact) mass is 350 g/mol. The van der Waals surface area contributed by atoms with E-state index >= 15 is 0 Å². The van der Waals surface area contributed by atoms with E-state index in [0.29, 0.717) is 17.9 Å². The first-order valence-corrected chi connectivity index (χ1v) is 9.99. The number of carbonyl (C=O) groups excluding carboxylic acids is 2. The Morgan fingerprint density at radius 1 is 1.04 bits per heavy atom. The van der Waals surface area contributed by atoms with E-state index in [2.05, 4.69) is 10.6 Å². The van der Waals surface area contributed by atoms with Gasteiger partial charge in [0.2, 0.25) is 5.91 Å². The highest BCUT2D eigenvalue weighted by Gasteiger charge is 2.48. The number of hydrogen-bond donors (Lipinski definition) is 2. The fourth-order valence-electron chi connectivity index (χ4n) is 4.13. The maximum atomic E-state index is 13.2. The van der Waals surface area contributed by atoms with Gasteiger partial charge in [-0.3, -0.25) is 4.79 Å². The molecule has 5 nitrogen and oxygen atoms in total. The average molecular weight is 351 g/mol. The molecule has 0 aromatic rings. The van der Waals surface area contributed by atoms with Crippen LogP contribution in [0, 0.1) is 17.3 Å². The van der Waals surface area contributed by atoms with Gasteiger partial charge in [0.25, 0.3) is 0 Å². The van der Waals surface area contributed by atoms with Gasteiger partial charge < -0.3 is 15.4 Å². The molecule has 2 N–H and O–H groups in total. The van der Waals surface area contributed by atoms with Gasteiger partial charge in [-0.25, -0.2) is 4.79 Å². The number of ether oxygens (including phenoxy) is 1. The van der Waals surface area contributed by atoms with Crippen molar-refractivity contribution in [2.45, 2.75) is 96.7 Å². The highest BCUT2D eigenvalue weighted by Crippen LogP contribution is 2.45. The zero-order valence-corrected chi connectivity index (χ0v) is 16.2. The summed E-state index contributed by atoms with van der Waals surface area (Å²) in [5, 5.41) is 6.36. The van der Waals surface area contributed by atoms with Crippen molar-refractivity contribution in [3.63, 3.8) is 0 Å². The molecule has 142 valence electrons. The van der Waals surface area contributed by atoms with Crippen LogP contribution in [0.1, 0.15) is 79.1 Å². The van der Waals surface area contributed by atoms with E-state index in [1.807, 2.05) is 27.7 Å². The van der Waals surface area contributed by atoms with Gasteiger partial charge in [-0.05, 0) is 78.1 Å². The van der Waals surface area contributed by atoms with E-state index in [4.69, 9.17) is 4.74 Å². The first kappa shape index (κ1) is 18.5. The minimum Gasteiger partial charge on any atom is -0.444 e. The third-order valence-electron chi connectivity index (χ3n) is 5.98. The van der Waals surface area contributed by atoms with Gasteiger partial charge in [-0.2, -0.15) is 0 Å². The lowest BCUT2D eigenvalue weighted by atomic mass is 9.70. The number of carbonyl (C=O) groups is 2. The van der Waals surface area contributed by atoms with E-state index in [1.54, 1.807) is 0 Å². The normalized spacial score (nSPS) is 30.0. The van der Waals surface area contributed by atoms with Crippen LogP contribution in [0.15, 0.2) is 0 Å². The average Bonchev–Trinajstić information content (AvgIpc) is 3.37. The van der Waals surface area contributed by atoms with Gasteiger partial charge >= 0.3 is 6.09 Å². The zero-order chi connectivity index (χ0) is 18.2. The smallest absolute Gasteiger partial charge is 0.407 e. The molecule has 0 radical (unpaired) electrons. The topological polar surface area (TPSA) is 67.4 Å². The van der Waals surface area contributed by atoms with Crippen LogP contribution in [0.4, 0.5) is 4.79 Å². The number of nitrogens with one attached hydrogen (secondary N) is 2. The van der Waals surface area contributed by atoms with Gasteiger partial charge in [-0.1, -0.05) is 12.8 Å². The van der Waals surface area contributed by atoms with Crippen molar-refractivity contribution in [2.24, 2.45) is 17.3 Å². The molecule has 0 saturated heterocycles. The molecule has 0 aromatic carbocycles. The Morgan fingerprint density at radius 3 is 2.16 bits per heavy atom. The Balaban J connectivity index is 1.64. The van der Waals surface area contributed by atoms with E-state index < -0.39 is 17.1 Å². The van der Waals surface area contributed by atoms with Crippen molar-refractivity contribution >= 4 is 12.0 Å². The molecular formula is C20H34N2O3. The molecular weight excluding hydrogens is 316 g/mol. The summed E-state index contributed by atoms with van der Waals surface area (Å²) in [6, 6.07) is 0.198. The molecule has 0 bridgehead atoms. The second-order valence-electron chi connectivity index (χ2n) is 9.54. The Bertz CT molecular complexity index is 508. The number of rotatable bonds is 5. The van der Waals surface area contributed by atoms with Gasteiger partial charge in [0.15, 0.2) is 0 Å². The van der Waals surface area contributed by atoms with Crippen LogP contribution in [0.25, 0.3) is 0 Å². The van der Waals surface area contributed by atoms with Crippen molar-refractivity contribution in [1.82, 2.24) is 10.6 Å². The number of hydrogen-bond acceptors (Lipinski definition) is 3. The molecule has 0 aromatic heterocycles. The van der Waals surface area contributed by atoms with E-state index in [9.17, 15) is 9.59 Å². The lowest BCUT2D eigenvalue weighted by Gasteiger charge is -2.41. The van der Waals surface area contributed by atoms with Crippen molar-refractivity contribution < 1.29 is 14.3 Å². The van der Waals surface area contributed by atoms with Crippen LogP contribution < -0.4 is 10.6 Å². The summed E-state index contributed by atoms with van der Waals surface area (Å²) in [5.74, 6) is 1.49. The minimum atomic E-state index is -0.544. The summed E-state index contributed by atoms with van der Waals surface area (Å²) in [5.41, 5.74) is -1.07. The summed E-state index contributed by atoms with van der Waals surface area (Å²) < 4.78 is 5.41. The summed E-state index contributed by atoms with van der Waals surface area (Å²) in [4.78, 5) is 25.4. The molecule has 3 fully saturated rings. The maximum Gasteiger partial charge on any atom is 0.407 e. The molecule has 0 unspecified atom stereocenters. The Hall–Kier alpha value is -1.26. The molecule has 5 heteroatoms. The minimum absolute atomic E-state index is 0.122. The number of alkyl carbamates (subject to hydrolysis) is 1. The predicted octanol–water partition coefficient (Wildman–Crippen LogP) is 3.76. The van der Waals surface area contributed by atoms with Crippen molar-refractivity contribution in [3.05, 3.63) is 0 Å². The van der Waals surface area contributed by atoms with Gasteiger partial charge in [0, 0.05) is 12.1 Å². The Labute approximate surface area is 151 Å². The van der Waals surface area contributed by atoms with Crippen molar-refractivity contribution in [1.29, 1.82) is 0 Å². The first-order valence-electron chi connectivity index (χ1n) is 9.99. The van der Waals surface area contributed by atoms with Crippen LogP contribution in [0.5, 0.6) is 0 Å². The second-order valence-corrected chi connectivity index (χ2v) is 9.54. The number of amides is 2. The molecule has 3 rings (SSSR count). The summed E-state index contributed by atoms with van der Waals surface area (Å²) in [7, 11) is 0. The van der Waals surface area contributed by atoms with Crippen molar-refractivity contribution in [2.75, 3.05) is 0 Å². The van der Waals surface area contributed by atoms with Gasteiger partial charge in [0.05, 0.1) is 5.41 Å². The third-order valence-corrected chi connectivity index (χ3v) is 5.98. The fourth-order valence-corrected chi connectivity index (χ4v) is 4.13. The standard InChI is InChI=1S/C20H34N2O3/c1-19(2,3)25-18(24)21-15-7-5-6-12-20(15,4)17(23)22-16(13-8-9-13)14-10-11-14/h13-16H,5-12H2,1-4H3,(H,21,24)(H,22,23)/t15-,20+/m0/s1. The van der Waals surface area contributed by atoms with Crippen LogP contribution >= 0.6 is 0 Å². The van der Waals surface area contributed by atoms with Crippen LogP contribution in [-0.4, -0.2) is 29.7 Å². The summed E-state index contributed by atoms with van der Waals surface area (Å²) >= 11 is 0. The third kappa shape index (κ3) is 4.68. The van der Waals surface area contributed by atoms with Crippen LogP contribution in [0.3, 0.4) is 0 Å². The molecule has 0 heterocycles. The highest BCUT2D eigenvalue weighted by atomic mass is 16.6. The quantitative estimate of drug-likeness (QED) is 0.793. The maximum absolute atomic E-state index is 13.2. The fraction of sp³-hybridized carbons (Fsp3) is 0.900. The highest BCUT2D eigenvalue weighted by molar-refractivity contribution is 5.84. The lowest BCUT2D eigenvalue weighted by Crippen LogP contribution is -2.57. The molecule has 2 atom stereocenters. The first-order chi connectivity index (χ1) is 11.7. The molecule has 3 aliphatic carbocycles. The van der Waals surface area contributed by atoms with Crippen molar-refractivity contribution in [3.8, 4) is 0 Å². The van der Waals surface area contributed by atoms with Gasteiger partial charge in [0.1, 0.15) is 5.60 Å². The Kier molecular flexibility index (Phi) is 5.04. The molecule has 3 aliphatic rings. The lowest BCUT2D eigenvalue weighted by molar-refractivity contribution is -0.134. The van der Waals surface area contributed by atoms with E-state index in [0.717, 1.165) is 25.7 Å². The van der Waals surface area contributed by atoms with E-state index in [-0.39, 0.29) is 11.9 Å². The largest absolute Gasteiger partial charge is 0.444 e. The second kappa shape index (κ2) is 6.81. The van der Waals surface area contributed by atoms with Crippen LogP contribution in [-0.2, 0) is 9.53 Å². The van der Waals surface area contributed by atoms with Gasteiger partial charge in [-0.15, -0.1) is 0 Å². The zero-order valence-electron chi connectivity index (χ0n) is 16.2. The Morgan fingerprint density at radius 2 is 1.64 bits per heavy atom. The molecule has 25 heavy (non-hydrogen) atoms. The summed E-state index contributed by atoms with van der Waals surface area (Å²) in [6.45, 7) is 7.58. The SMILES string of the molecule is CC(C)(C)OC(=O)N[C@H]1CCCC[C@@]1(C)C(=O)NC(C1CC1)C1CC1. The predicted molar refractivity (Wildman–Crippen MR) is 97.1 cm³/mol. The van der Waals surface area contributed by atoms with Crippen LogP contribution in [0.2, 0.25) is 0 Å². The molecule has 3 saturated carbocycles.